The molecule has 5 heterocycles. The number of nitrogens with zero attached hydrogens (tertiary/aromatic N) is 10. The summed E-state index contributed by atoms with van der Waals surface area (Å²) in [5, 5.41) is 14.3. The van der Waals surface area contributed by atoms with Crippen LogP contribution in [-0.2, 0) is 38.5 Å². The number of ether oxygens (including phenoxy) is 5. The number of imidazole rings is 3. The quantitative estimate of drug-likeness (QED) is 0.0235. The Morgan fingerprint density at radius 3 is 1.48 bits per heavy atom. The van der Waals surface area contributed by atoms with Crippen molar-refractivity contribution >= 4 is 62.2 Å². The first-order valence-electron chi connectivity index (χ1n) is 35.8. The number of aromatic nitrogens is 9. The van der Waals surface area contributed by atoms with Crippen LogP contribution in [0, 0.1) is 0 Å². The number of aromatic amines is 3. The van der Waals surface area contributed by atoms with E-state index in [0.29, 0.717) is 109 Å². The highest BCUT2D eigenvalue weighted by atomic mass is 16.6. The molecule has 0 unspecified atom stereocenters. The third-order valence-corrected chi connectivity index (χ3v) is 17.9. The standard InChI is InChI=1S/C47H56N8O6.C35H35N7O2/c1-4-57-23-24-58-25-26-59-27-28-60-33-40-32-55(53-52-40)21-5-19-48-47(56)36-9-7-34(8-10-36)43-31-39-12-11-37(29-44(39)49-43)38-15-18-42-45(30-38)51-46(50-42)35-13-16-41(17-14-35)61-22-6-20-54(2)3;1-5-42(4)35(44)25-12-8-23(9-13-25)33-38-29-17-15-27(21-31(29)40-33)26-14-16-28-30(20-26)39-32(37-28)22-6-10-24(11-7-22)34(43)36-18-19-41(2)3/h7-18,29-30,32H,4-6,19-28,31,33H2,1-3H3,(H,48,56)(H,50,51);6-17,20-21H,5,18-19H2,1-4H3,(H,36,43)(H,37,39)(H,38,40). The largest absolute Gasteiger partial charge is 0.494 e. The van der Waals surface area contributed by atoms with E-state index in [9.17, 15) is 14.4 Å². The fourth-order valence-electron chi connectivity index (χ4n) is 11.9. The van der Waals surface area contributed by atoms with Gasteiger partial charge in [0, 0.05) is 92.7 Å². The molecule has 1 aliphatic rings. The van der Waals surface area contributed by atoms with Gasteiger partial charge in [0.25, 0.3) is 17.7 Å². The topological polar surface area (TPSA) is 260 Å². The molecule has 0 saturated heterocycles. The fraction of sp³-hybridized carbons (Fsp3) is 0.305. The number of amides is 3. The van der Waals surface area contributed by atoms with Gasteiger partial charge in [-0.05, 0) is 191 Å². The minimum absolute atomic E-state index is 0.00301. The van der Waals surface area contributed by atoms with Crippen molar-refractivity contribution in [3.8, 4) is 62.2 Å². The van der Waals surface area contributed by atoms with Crippen molar-refractivity contribution in [3.63, 3.8) is 0 Å². The first-order valence-corrected chi connectivity index (χ1v) is 35.8. The van der Waals surface area contributed by atoms with Crippen LogP contribution in [0.15, 0.2) is 181 Å². The molecule has 0 fully saturated rings. The van der Waals surface area contributed by atoms with Gasteiger partial charge in [0.05, 0.1) is 104 Å². The number of rotatable bonds is 34. The van der Waals surface area contributed by atoms with Crippen LogP contribution in [0.2, 0.25) is 0 Å². The summed E-state index contributed by atoms with van der Waals surface area (Å²) in [5.74, 6) is 2.99. The Hall–Kier alpha value is -11.1. The summed E-state index contributed by atoms with van der Waals surface area (Å²) in [6.07, 6.45) is 4.29. The zero-order chi connectivity index (χ0) is 73.0. The zero-order valence-electron chi connectivity index (χ0n) is 60.7. The highest BCUT2D eigenvalue weighted by Gasteiger charge is 2.20. The molecule has 8 aromatic carbocycles. The van der Waals surface area contributed by atoms with Gasteiger partial charge >= 0.3 is 0 Å². The molecular formula is C82H91N15O8. The minimum Gasteiger partial charge on any atom is -0.494 e. The molecule has 0 saturated carbocycles. The molecule has 0 aliphatic carbocycles. The van der Waals surface area contributed by atoms with E-state index in [-0.39, 0.29) is 17.7 Å². The van der Waals surface area contributed by atoms with Gasteiger partial charge < -0.3 is 64.0 Å². The molecule has 4 aromatic heterocycles. The summed E-state index contributed by atoms with van der Waals surface area (Å²) in [7, 11) is 9.89. The predicted molar refractivity (Wildman–Crippen MR) is 412 cm³/mol. The molecule has 23 nitrogen and oxygen atoms in total. The SMILES string of the molecule is CCN(C)C(=O)c1ccc(-c2nc3ccc(-c4ccc5nc(-c6ccc(C(=O)NCCN(C)C)cc6)[nH]c5c4)cc3[nH]2)cc1.CCOCCOCCOCCOCc1cn(CCCNC(=O)c2ccc(C3=Nc4cc(-c5ccc6nc(-c7ccc(OCCCN(C)C)cc7)[nH]c6c5)ccc4C3)cc2)nn1. The molecule has 1 aliphatic heterocycles. The molecule has 0 atom stereocenters. The lowest BCUT2D eigenvalue weighted by molar-refractivity contribution is -0.00324. The van der Waals surface area contributed by atoms with Crippen LogP contribution >= 0.6 is 0 Å². The average Bonchev–Trinajstić information content (AvgIpc) is 1.66. The van der Waals surface area contributed by atoms with Gasteiger partial charge in [-0.25, -0.2) is 15.0 Å². The van der Waals surface area contributed by atoms with Crippen LogP contribution in [0.3, 0.4) is 0 Å². The molecule has 0 bridgehead atoms. The normalized spacial score (nSPS) is 11.9. The molecule has 105 heavy (non-hydrogen) atoms. The van der Waals surface area contributed by atoms with Gasteiger partial charge in [0.1, 0.15) is 28.9 Å². The van der Waals surface area contributed by atoms with E-state index in [1.807, 2.05) is 148 Å². The van der Waals surface area contributed by atoms with Gasteiger partial charge in [-0.3, -0.25) is 24.1 Å². The first kappa shape index (κ1) is 73.7. The van der Waals surface area contributed by atoms with E-state index >= 15 is 0 Å². The number of H-pyrrole nitrogens is 3. The lowest BCUT2D eigenvalue weighted by Crippen LogP contribution is -2.31. The summed E-state index contributed by atoms with van der Waals surface area (Å²) in [6.45, 7) is 13.0. The molecular weight excluding hydrogens is 1320 g/mol. The molecule has 0 spiro atoms. The summed E-state index contributed by atoms with van der Waals surface area (Å²) in [4.78, 5) is 73.5. The Bertz CT molecular complexity index is 4910. The van der Waals surface area contributed by atoms with Crippen molar-refractivity contribution in [2.75, 3.05) is 121 Å². The van der Waals surface area contributed by atoms with Crippen LogP contribution in [0.5, 0.6) is 5.75 Å². The highest BCUT2D eigenvalue weighted by Crippen LogP contribution is 2.36. The van der Waals surface area contributed by atoms with E-state index < -0.39 is 0 Å². The van der Waals surface area contributed by atoms with Crippen LogP contribution < -0.4 is 15.4 Å². The van der Waals surface area contributed by atoms with E-state index in [1.54, 1.807) is 16.6 Å². The number of aryl methyl sites for hydroxylation is 1. The van der Waals surface area contributed by atoms with Crippen molar-refractivity contribution < 1.29 is 38.1 Å². The fourth-order valence-corrected chi connectivity index (χ4v) is 11.9. The monoisotopic (exact) mass is 1410 g/mol. The van der Waals surface area contributed by atoms with E-state index in [4.69, 9.17) is 43.6 Å². The van der Waals surface area contributed by atoms with Crippen LogP contribution in [0.1, 0.15) is 74.6 Å². The van der Waals surface area contributed by atoms with Crippen molar-refractivity contribution in [2.45, 2.75) is 46.3 Å². The Kier molecular flexibility index (Phi) is 25.2. The van der Waals surface area contributed by atoms with Gasteiger partial charge in [0.15, 0.2) is 0 Å². The Morgan fingerprint density at radius 1 is 0.486 bits per heavy atom. The molecule has 13 rings (SSSR count). The predicted octanol–water partition coefficient (Wildman–Crippen LogP) is 12.7. The summed E-state index contributed by atoms with van der Waals surface area (Å²) in [6, 6.07) is 55.9. The second-order valence-corrected chi connectivity index (χ2v) is 26.2. The molecule has 542 valence electrons. The summed E-state index contributed by atoms with van der Waals surface area (Å²) >= 11 is 0. The van der Waals surface area contributed by atoms with E-state index in [1.165, 1.54) is 5.56 Å². The highest BCUT2D eigenvalue weighted by molar-refractivity contribution is 6.07. The Morgan fingerprint density at radius 2 is 0.952 bits per heavy atom. The molecule has 23 heteroatoms. The van der Waals surface area contributed by atoms with Gasteiger partial charge in [-0.1, -0.05) is 71.9 Å². The molecule has 12 aromatic rings. The smallest absolute Gasteiger partial charge is 0.253 e. The Labute approximate surface area is 611 Å². The zero-order valence-corrected chi connectivity index (χ0v) is 60.7. The van der Waals surface area contributed by atoms with Crippen molar-refractivity contribution in [3.05, 3.63) is 210 Å². The minimum atomic E-state index is -0.115. The molecule has 5 N–H and O–H groups in total. The van der Waals surface area contributed by atoms with Crippen molar-refractivity contribution in [1.29, 1.82) is 0 Å². The lowest BCUT2D eigenvalue weighted by Gasteiger charge is -2.14. The number of aliphatic imine (C=N–C) groups is 1. The maximum atomic E-state index is 12.9. The van der Waals surface area contributed by atoms with Crippen LogP contribution in [0.4, 0.5) is 5.69 Å². The third-order valence-electron chi connectivity index (χ3n) is 17.9. The maximum absolute atomic E-state index is 12.9. The number of benzene rings is 8. The van der Waals surface area contributed by atoms with Crippen LogP contribution in [-0.4, -0.2) is 204 Å². The maximum Gasteiger partial charge on any atom is 0.253 e. The number of nitrogens with one attached hydrogen (secondary N) is 5. The average molecular weight is 1410 g/mol. The van der Waals surface area contributed by atoms with Gasteiger partial charge in [-0.15, -0.1) is 5.10 Å². The van der Waals surface area contributed by atoms with E-state index in [0.717, 1.165) is 144 Å². The number of hydrogen-bond donors (Lipinski definition) is 5. The number of hydrogen-bond acceptors (Lipinski definition) is 16. The Balaban J connectivity index is 0.000000208. The van der Waals surface area contributed by atoms with Crippen molar-refractivity contribution in [1.82, 2.24) is 70.2 Å². The summed E-state index contributed by atoms with van der Waals surface area (Å²) < 4.78 is 29.5. The third kappa shape index (κ3) is 19.8. The van der Waals surface area contributed by atoms with Gasteiger partial charge in [0.2, 0.25) is 0 Å². The lowest BCUT2D eigenvalue weighted by atomic mass is 9.99. The number of likely N-dealkylation sites (N-methyl/N-ethyl adjacent to an activating group) is 1. The van der Waals surface area contributed by atoms with Crippen LogP contribution in [0.25, 0.3) is 89.5 Å². The molecule has 3 amide bonds. The van der Waals surface area contributed by atoms with Gasteiger partial charge in [-0.2, -0.15) is 0 Å². The first-order chi connectivity index (χ1) is 51.2. The second kappa shape index (κ2) is 35.9. The second-order valence-electron chi connectivity index (χ2n) is 26.2. The number of carbonyl (C=O) groups is 3. The number of carbonyl (C=O) groups excluding carboxylic acids is 3. The van der Waals surface area contributed by atoms with Crippen molar-refractivity contribution in [2.24, 2.45) is 4.99 Å². The molecule has 0 radical (unpaired) electrons. The summed E-state index contributed by atoms with van der Waals surface area (Å²) in [5.41, 5.74) is 19.4. The van der Waals surface area contributed by atoms with E-state index in [2.05, 4.69) is 116 Å². The number of fused-ring (bicyclic) bond motifs is 4.